The molecule has 0 bridgehead atoms. The Bertz CT molecular complexity index is 427. The molecule has 0 saturated carbocycles. The van der Waals surface area contributed by atoms with Gasteiger partial charge in [-0.05, 0) is 34.7 Å². The molecule has 0 aliphatic carbocycles. The molecule has 0 N–H and O–H groups in total. The summed E-state index contributed by atoms with van der Waals surface area (Å²) in [7, 11) is -2.74. The Kier molecular flexibility index (Phi) is 3.69. The van der Waals surface area contributed by atoms with Crippen LogP contribution in [0.3, 0.4) is 0 Å². The first-order valence-corrected chi connectivity index (χ1v) is 8.44. The van der Waals surface area contributed by atoms with E-state index in [-0.39, 0.29) is 0 Å². The standard InChI is InChI=1S/C9H12INO2S2/c10-9-2-1-8(14-9)7-11-3-5-15(12,13)6-4-11/h1-2H,3-7H2. The van der Waals surface area contributed by atoms with E-state index in [1.54, 1.807) is 11.3 Å². The van der Waals surface area contributed by atoms with Crippen molar-refractivity contribution in [2.45, 2.75) is 6.54 Å². The molecule has 1 fully saturated rings. The average Bonchev–Trinajstić information content (AvgIpc) is 2.55. The lowest BCUT2D eigenvalue weighted by Crippen LogP contribution is -2.39. The lowest BCUT2D eigenvalue weighted by atomic mass is 10.4. The van der Waals surface area contributed by atoms with Crippen molar-refractivity contribution in [1.82, 2.24) is 4.90 Å². The van der Waals surface area contributed by atoms with Gasteiger partial charge in [-0.1, -0.05) is 0 Å². The molecule has 0 atom stereocenters. The summed E-state index contributed by atoms with van der Waals surface area (Å²) in [5, 5.41) is 0. The van der Waals surface area contributed by atoms with Crippen molar-refractivity contribution in [2.24, 2.45) is 0 Å². The molecule has 2 rings (SSSR count). The molecule has 6 heteroatoms. The lowest BCUT2D eigenvalue weighted by Gasteiger charge is -2.25. The third kappa shape index (κ3) is 3.40. The van der Waals surface area contributed by atoms with E-state index >= 15 is 0 Å². The second-order valence-electron chi connectivity index (χ2n) is 3.63. The van der Waals surface area contributed by atoms with Gasteiger partial charge < -0.3 is 0 Å². The van der Waals surface area contributed by atoms with Gasteiger partial charge >= 0.3 is 0 Å². The normalized spacial score (nSPS) is 21.7. The quantitative estimate of drug-likeness (QED) is 0.755. The van der Waals surface area contributed by atoms with E-state index in [0.29, 0.717) is 24.6 Å². The number of thiophene rings is 1. The van der Waals surface area contributed by atoms with Gasteiger partial charge in [-0.15, -0.1) is 11.3 Å². The summed E-state index contributed by atoms with van der Waals surface area (Å²) in [5.41, 5.74) is 0. The molecule has 1 aromatic rings. The highest BCUT2D eigenvalue weighted by Gasteiger charge is 2.21. The summed E-state index contributed by atoms with van der Waals surface area (Å²) in [6.45, 7) is 2.25. The van der Waals surface area contributed by atoms with Crippen LogP contribution in [-0.4, -0.2) is 37.9 Å². The van der Waals surface area contributed by atoms with E-state index in [2.05, 4.69) is 39.6 Å². The molecular formula is C9H12INO2S2. The molecule has 0 aromatic carbocycles. The van der Waals surface area contributed by atoms with Crippen molar-refractivity contribution in [3.63, 3.8) is 0 Å². The molecule has 1 aliphatic heterocycles. The molecule has 1 aromatic heterocycles. The fourth-order valence-corrected chi connectivity index (χ4v) is 4.64. The summed E-state index contributed by atoms with van der Waals surface area (Å²) in [6, 6.07) is 4.22. The van der Waals surface area contributed by atoms with E-state index in [9.17, 15) is 8.42 Å². The maximum atomic E-state index is 11.2. The van der Waals surface area contributed by atoms with Crippen LogP contribution in [0.2, 0.25) is 0 Å². The molecule has 84 valence electrons. The first-order chi connectivity index (χ1) is 7.05. The summed E-state index contributed by atoms with van der Waals surface area (Å²) in [4.78, 5) is 3.53. The maximum Gasteiger partial charge on any atom is 0.152 e. The van der Waals surface area contributed by atoms with Crippen molar-refractivity contribution < 1.29 is 8.42 Å². The van der Waals surface area contributed by atoms with Gasteiger partial charge in [-0.3, -0.25) is 4.90 Å². The Morgan fingerprint density at radius 2 is 2.00 bits per heavy atom. The van der Waals surface area contributed by atoms with Gasteiger partial charge in [0.05, 0.1) is 14.4 Å². The van der Waals surface area contributed by atoms with E-state index in [1.165, 1.54) is 7.76 Å². The van der Waals surface area contributed by atoms with E-state index in [4.69, 9.17) is 0 Å². The topological polar surface area (TPSA) is 37.4 Å². The molecule has 2 heterocycles. The molecule has 0 unspecified atom stereocenters. The van der Waals surface area contributed by atoms with Crippen molar-refractivity contribution in [2.75, 3.05) is 24.6 Å². The number of nitrogens with zero attached hydrogens (tertiary/aromatic N) is 1. The van der Waals surface area contributed by atoms with Crippen molar-refractivity contribution in [3.05, 3.63) is 19.9 Å². The fourth-order valence-electron chi connectivity index (χ4n) is 1.57. The van der Waals surface area contributed by atoms with Crippen LogP contribution in [0.25, 0.3) is 0 Å². The lowest BCUT2D eigenvalue weighted by molar-refractivity contribution is 0.290. The Balaban J connectivity index is 1.92. The number of hydrogen-bond acceptors (Lipinski definition) is 4. The minimum Gasteiger partial charge on any atom is -0.296 e. The second kappa shape index (κ2) is 4.68. The molecule has 1 aliphatic rings. The highest BCUT2D eigenvalue weighted by molar-refractivity contribution is 14.1. The number of rotatable bonds is 2. The molecule has 0 spiro atoms. The van der Waals surface area contributed by atoms with Gasteiger partial charge in [0, 0.05) is 24.5 Å². The zero-order chi connectivity index (χ0) is 10.9. The van der Waals surface area contributed by atoms with Crippen LogP contribution in [-0.2, 0) is 16.4 Å². The van der Waals surface area contributed by atoms with Gasteiger partial charge in [0.25, 0.3) is 0 Å². The number of sulfone groups is 1. The van der Waals surface area contributed by atoms with Crippen LogP contribution >= 0.6 is 33.9 Å². The van der Waals surface area contributed by atoms with Gasteiger partial charge in [-0.2, -0.15) is 0 Å². The van der Waals surface area contributed by atoms with Crippen LogP contribution in [0.4, 0.5) is 0 Å². The summed E-state index contributed by atoms with van der Waals surface area (Å²) >= 11 is 4.08. The summed E-state index contributed by atoms with van der Waals surface area (Å²) < 4.78 is 23.7. The smallest absolute Gasteiger partial charge is 0.152 e. The van der Waals surface area contributed by atoms with Gasteiger partial charge in [0.2, 0.25) is 0 Å². The predicted octanol–water partition coefficient (Wildman–Crippen LogP) is 1.58. The van der Waals surface area contributed by atoms with Crippen LogP contribution in [0, 0.1) is 2.88 Å². The minimum absolute atomic E-state index is 0.315. The Morgan fingerprint density at radius 3 is 2.53 bits per heavy atom. The van der Waals surface area contributed by atoms with Crippen molar-refractivity contribution in [1.29, 1.82) is 0 Å². The summed E-state index contributed by atoms with van der Waals surface area (Å²) in [6.07, 6.45) is 0. The zero-order valence-corrected chi connectivity index (χ0v) is 11.9. The Morgan fingerprint density at radius 1 is 1.33 bits per heavy atom. The Hall–Kier alpha value is 0.340. The van der Waals surface area contributed by atoms with Crippen LogP contribution < -0.4 is 0 Å². The van der Waals surface area contributed by atoms with Crippen LogP contribution in [0.15, 0.2) is 12.1 Å². The SMILES string of the molecule is O=S1(=O)CCN(Cc2ccc(I)s2)CC1. The number of hydrogen-bond donors (Lipinski definition) is 0. The fraction of sp³-hybridized carbons (Fsp3) is 0.556. The van der Waals surface area contributed by atoms with Crippen LogP contribution in [0.5, 0.6) is 0 Å². The maximum absolute atomic E-state index is 11.2. The third-order valence-corrected chi connectivity index (χ3v) is 5.93. The predicted molar refractivity (Wildman–Crippen MR) is 71.0 cm³/mol. The van der Waals surface area contributed by atoms with Gasteiger partial charge in [0.15, 0.2) is 9.84 Å². The highest BCUT2D eigenvalue weighted by atomic mass is 127. The van der Waals surface area contributed by atoms with Gasteiger partial charge in [0.1, 0.15) is 0 Å². The van der Waals surface area contributed by atoms with E-state index in [1.807, 2.05) is 0 Å². The van der Waals surface area contributed by atoms with Crippen molar-refractivity contribution >= 4 is 43.8 Å². The molecule has 0 radical (unpaired) electrons. The highest BCUT2D eigenvalue weighted by Crippen LogP contribution is 2.20. The summed E-state index contributed by atoms with van der Waals surface area (Å²) in [5.74, 6) is 0.630. The van der Waals surface area contributed by atoms with E-state index < -0.39 is 9.84 Å². The molecule has 3 nitrogen and oxygen atoms in total. The van der Waals surface area contributed by atoms with E-state index in [0.717, 1.165) is 6.54 Å². The monoisotopic (exact) mass is 357 g/mol. The molecular weight excluding hydrogens is 345 g/mol. The third-order valence-electron chi connectivity index (χ3n) is 2.45. The average molecular weight is 357 g/mol. The van der Waals surface area contributed by atoms with Crippen molar-refractivity contribution in [3.8, 4) is 0 Å². The van der Waals surface area contributed by atoms with Crippen LogP contribution in [0.1, 0.15) is 4.88 Å². The molecule has 15 heavy (non-hydrogen) atoms. The first-order valence-electron chi connectivity index (χ1n) is 4.72. The number of halogens is 1. The Labute approximate surface area is 108 Å². The molecule has 1 saturated heterocycles. The van der Waals surface area contributed by atoms with Gasteiger partial charge in [-0.25, -0.2) is 8.42 Å². The molecule has 0 amide bonds. The minimum atomic E-state index is -2.74. The zero-order valence-electron chi connectivity index (χ0n) is 8.15. The first kappa shape index (κ1) is 11.8. The second-order valence-corrected chi connectivity index (χ2v) is 9.00. The largest absolute Gasteiger partial charge is 0.296 e.